The minimum atomic E-state index is 0.277. The molecule has 1 aliphatic rings. The molecule has 0 spiro atoms. The van der Waals surface area contributed by atoms with Crippen LogP contribution in [0, 0.1) is 6.92 Å². The van der Waals surface area contributed by atoms with E-state index < -0.39 is 0 Å². The zero-order valence-corrected chi connectivity index (χ0v) is 13.4. The number of carbonyl (C=O) groups excluding carboxylic acids is 1. The Balaban J connectivity index is 2.31. The maximum Gasteiger partial charge on any atom is 0.152 e. The van der Waals surface area contributed by atoms with Crippen LogP contribution in [0.25, 0.3) is 5.57 Å². The van der Waals surface area contributed by atoms with Crippen LogP contribution in [-0.4, -0.2) is 24.3 Å². The average Bonchev–Trinajstić information content (AvgIpc) is 2.89. The van der Waals surface area contributed by atoms with Crippen molar-refractivity contribution in [2.45, 2.75) is 6.92 Å². The summed E-state index contributed by atoms with van der Waals surface area (Å²) >= 11 is 0. The Morgan fingerprint density at radius 2 is 2.04 bits per heavy atom. The number of para-hydroxylation sites is 1. The SMILES string of the molecule is CNc1ccc(C)cc1/C(C=O)=C1\C(=N\O)c2ccccc2N1N. The highest BCUT2D eigenvalue weighted by molar-refractivity contribution is 6.30. The van der Waals surface area contributed by atoms with Crippen molar-refractivity contribution in [3.63, 3.8) is 0 Å². The second-order valence-corrected chi connectivity index (χ2v) is 5.51. The van der Waals surface area contributed by atoms with Crippen LogP contribution in [0.4, 0.5) is 11.4 Å². The molecule has 24 heavy (non-hydrogen) atoms. The number of aryl methyl sites for hydroxylation is 1. The predicted octanol–water partition coefficient (Wildman–Crippen LogP) is 2.52. The molecular weight excluding hydrogens is 304 g/mol. The summed E-state index contributed by atoms with van der Waals surface area (Å²) in [6.07, 6.45) is 0.738. The van der Waals surface area contributed by atoms with E-state index in [2.05, 4.69) is 10.5 Å². The third kappa shape index (κ3) is 2.33. The molecule has 0 bridgehead atoms. The number of benzene rings is 2. The number of fused-ring (bicyclic) bond motifs is 1. The van der Waals surface area contributed by atoms with E-state index in [9.17, 15) is 10.0 Å². The molecule has 6 heteroatoms. The first-order valence-corrected chi connectivity index (χ1v) is 7.47. The molecule has 122 valence electrons. The van der Waals surface area contributed by atoms with Crippen molar-refractivity contribution in [3.05, 3.63) is 64.9 Å². The molecule has 2 aromatic carbocycles. The van der Waals surface area contributed by atoms with Gasteiger partial charge < -0.3 is 10.5 Å². The molecule has 0 unspecified atom stereocenters. The first kappa shape index (κ1) is 15.8. The average molecular weight is 322 g/mol. The van der Waals surface area contributed by atoms with Gasteiger partial charge in [-0.15, -0.1) is 0 Å². The molecular formula is C18H18N4O2. The quantitative estimate of drug-likeness (QED) is 0.265. The Morgan fingerprint density at radius 3 is 2.71 bits per heavy atom. The Kier molecular flexibility index (Phi) is 4.05. The third-order valence-electron chi connectivity index (χ3n) is 4.09. The van der Waals surface area contributed by atoms with E-state index in [0.717, 1.165) is 17.5 Å². The van der Waals surface area contributed by atoms with E-state index in [1.165, 1.54) is 5.01 Å². The summed E-state index contributed by atoms with van der Waals surface area (Å²) in [4.78, 5) is 11.9. The fourth-order valence-electron chi connectivity index (χ4n) is 2.95. The van der Waals surface area contributed by atoms with Crippen molar-refractivity contribution >= 4 is 28.9 Å². The second kappa shape index (κ2) is 6.17. The number of carbonyl (C=O) groups is 1. The molecule has 0 radical (unpaired) electrons. The summed E-state index contributed by atoms with van der Waals surface area (Å²) in [5.41, 5.74) is 4.85. The van der Waals surface area contributed by atoms with Crippen LogP contribution in [-0.2, 0) is 4.79 Å². The number of rotatable bonds is 3. The lowest BCUT2D eigenvalue weighted by molar-refractivity contribution is -0.103. The Hall–Kier alpha value is -3.12. The van der Waals surface area contributed by atoms with Gasteiger partial charge >= 0.3 is 0 Å². The minimum Gasteiger partial charge on any atom is -0.410 e. The molecule has 3 rings (SSSR count). The highest BCUT2D eigenvalue weighted by Crippen LogP contribution is 2.37. The fourth-order valence-corrected chi connectivity index (χ4v) is 2.95. The van der Waals surface area contributed by atoms with Gasteiger partial charge in [0.1, 0.15) is 5.71 Å². The Bertz CT molecular complexity index is 871. The van der Waals surface area contributed by atoms with Gasteiger partial charge in [0, 0.05) is 23.9 Å². The largest absolute Gasteiger partial charge is 0.410 e. The van der Waals surface area contributed by atoms with E-state index in [0.29, 0.717) is 28.1 Å². The number of hydrazine groups is 1. The van der Waals surface area contributed by atoms with Gasteiger partial charge in [0.15, 0.2) is 6.29 Å². The zero-order chi connectivity index (χ0) is 17.3. The lowest BCUT2D eigenvalue weighted by atomic mass is 9.98. The molecule has 1 aliphatic heterocycles. The van der Waals surface area contributed by atoms with Gasteiger partial charge in [0.25, 0.3) is 0 Å². The molecule has 0 fully saturated rings. The van der Waals surface area contributed by atoms with Crippen LogP contribution >= 0.6 is 0 Å². The molecule has 1 heterocycles. The minimum absolute atomic E-state index is 0.277. The van der Waals surface area contributed by atoms with E-state index in [4.69, 9.17) is 5.84 Å². The van der Waals surface area contributed by atoms with Crippen LogP contribution in [0.15, 0.2) is 53.3 Å². The fraction of sp³-hybridized carbons (Fsp3) is 0.111. The number of nitrogens with one attached hydrogen (secondary N) is 1. The topological polar surface area (TPSA) is 90.9 Å². The van der Waals surface area contributed by atoms with Crippen molar-refractivity contribution < 1.29 is 10.0 Å². The lowest BCUT2D eigenvalue weighted by Gasteiger charge is -2.18. The maximum atomic E-state index is 11.9. The number of oxime groups is 1. The molecule has 4 N–H and O–H groups in total. The third-order valence-corrected chi connectivity index (χ3v) is 4.09. The van der Waals surface area contributed by atoms with Gasteiger partial charge in [-0.2, -0.15) is 0 Å². The van der Waals surface area contributed by atoms with Crippen molar-refractivity contribution in [2.24, 2.45) is 11.0 Å². The van der Waals surface area contributed by atoms with E-state index in [-0.39, 0.29) is 5.71 Å². The highest BCUT2D eigenvalue weighted by atomic mass is 16.4. The van der Waals surface area contributed by atoms with Crippen molar-refractivity contribution in [1.82, 2.24) is 0 Å². The summed E-state index contributed by atoms with van der Waals surface area (Å²) < 4.78 is 0. The molecule has 0 saturated carbocycles. The van der Waals surface area contributed by atoms with E-state index in [1.54, 1.807) is 13.1 Å². The van der Waals surface area contributed by atoms with Gasteiger partial charge in [0.2, 0.25) is 0 Å². The van der Waals surface area contributed by atoms with Gasteiger partial charge in [-0.25, -0.2) is 5.84 Å². The summed E-state index contributed by atoms with van der Waals surface area (Å²) in [5, 5.41) is 17.4. The van der Waals surface area contributed by atoms with Crippen LogP contribution < -0.4 is 16.2 Å². The summed E-state index contributed by atoms with van der Waals surface area (Å²) in [5.74, 6) is 6.20. The Labute approximate surface area is 139 Å². The van der Waals surface area contributed by atoms with Crippen LogP contribution in [0.3, 0.4) is 0 Å². The molecule has 0 aromatic heterocycles. The smallest absolute Gasteiger partial charge is 0.152 e. The number of aldehydes is 1. The zero-order valence-electron chi connectivity index (χ0n) is 13.4. The van der Waals surface area contributed by atoms with E-state index >= 15 is 0 Å². The standard InChI is InChI=1S/C18H18N4O2/c1-11-7-8-15(20-2)13(9-11)14(10-23)18-17(21-24)12-5-3-4-6-16(12)22(18)19/h3-10,20,24H,19H2,1-2H3/b18-14+,21-17+. The van der Waals surface area contributed by atoms with Crippen LogP contribution in [0.5, 0.6) is 0 Å². The number of allylic oxidation sites excluding steroid dienone is 2. The maximum absolute atomic E-state index is 11.9. The van der Waals surface area contributed by atoms with Crippen LogP contribution in [0.2, 0.25) is 0 Å². The predicted molar refractivity (Wildman–Crippen MR) is 95.1 cm³/mol. The normalized spacial score (nSPS) is 17.0. The number of nitrogens with zero attached hydrogens (tertiary/aromatic N) is 2. The molecule has 6 nitrogen and oxygen atoms in total. The molecule has 0 saturated heterocycles. The van der Waals surface area contributed by atoms with Gasteiger partial charge in [0.05, 0.1) is 17.0 Å². The number of hydrogen-bond acceptors (Lipinski definition) is 6. The van der Waals surface area contributed by atoms with Crippen molar-refractivity contribution in [3.8, 4) is 0 Å². The van der Waals surface area contributed by atoms with Gasteiger partial charge in [-0.05, 0) is 25.1 Å². The monoisotopic (exact) mass is 322 g/mol. The van der Waals surface area contributed by atoms with E-state index in [1.807, 2.05) is 43.3 Å². The van der Waals surface area contributed by atoms with Gasteiger partial charge in [-0.3, -0.25) is 9.80 Å². The molecule has 0 atom stereocenters. The highest BCUT2D eigenvalue weighted by Gasteiger charge is 2.32. The number of nitrogens with two attached hydrogens (primary N) is 1. The molecule has 2 aromatic rings. The van der Waals surface area contributed by atoms with Crippen LogP contribution in [0.1, 0.15) is 16.7 Å². The summed E-state index contributed by atoms with van der Waals surface area (Å²) in [6, 6.07) is 13.0. The first-order chi connectivity index (χ1) is 11.6. The summed E-state index contributed by atoms with van der Waals surface area (Å²) in [6.45, 7) is 1.95. The number of hydrogen-bond donors (Lipinski definition) is 3. The van der Waals surface area contributed by atoms with Gasteiger partial charge in [-0.1, -0.05) is 35.0 Å². The second-order valence-electron chi connectivity index (χ2n) is 5.51. The summed E-state index contributed by atoms with van der Waals surface area (Å²) in [7, 11) is 1.78. The molecule has 0 aliphatic carbocycles. The molecule has 0 amide bonds. The first-order valence-electron chi connectivity index (χ1n) is 7.47. The van der Waals surface area contributed by atoms with Crippen molar-refractivity contribution in [2.75, 3.05) is 17.4 Å². The van der Waals surface area contributed by atoms with Crippen molar-refractivity contribution in [1.29, 1.82) is 0 Å². The Morgan fingerprint density at radius 1 is 1.29 bits per heavy atom. The number of anilines is 2. The lowest BCUT2D eigenvalue weighted by Crippen LogP contribution is -2.29.